The number of thioether (sulfide) groups is 1. The maximum absolute atomic E-state index is 12.8. The van der Waals surface area contributed by atoms with Crippen LogP contribution in [0.5, 0.6) is 0 Å². The maximum Gasteiger partial charge on any atom is 0.254 e. The zero-order valence-corrected chi connectivity index (χ0v) is 14.7. The van der Waals surface area contributed by atoms with Gasteiger partial charge in [0.05, 0.1) is 11.7 Å². The summed E-state index contributed by atoms with van der Waals surface area (Å²) >= 11 is 1.60. The lowest BCUT2D eigenvalue weighted by Gasteiger charge is -2.34. The summed E-state index contributed by atoms with van der Waals surface area (Å²) in [4.78, 5) is 15.7. The average Bonchev–Trinajstić information content (AvgIpc) is 2.67. The minimum absolute atomic E-state index is 0.104. The van der Waals surface area contributed by atoms with Gasteiger partial charge in [-0.3, -0.25) is 4.79 Å². The molecule has 1 N–H and O–H groups in total. The molecule has 4 heteroatoms. The van der Waals surface area contributed by atoms with Crippen LogP contribution in [0.4, 0.5) is 0 Å². The topological polar surface area (TPSA) is 40.5 Å². The number of hydrogen-bond donors (Lipinski definition) is 1. The molecule has 2 aromatic carbocycles. The molecular weight excluding hydrogens is 318 g/mol. The molecule has 24 heavy (non-hydrogen) atoms. The van der Waals surface area contributed by atoms with Crippen molar-refractivity contribution in [3.63, 3.8) is 0 Å². The zero-order valence-electron chi connectivity index (χ0n) is 13.9. The summed E-state index contributed by atoms with van der Waals surface area (Å²) in [6.07, 6.45) is 3.23. The van der Waals surface area contributed by atoms with Gasteiger partial charge in [-0.15, -0.1) is 11.8 Å². The number of carbonyl (C=O) groups excluding carboxylic acids is 1. The molecule has 0 spiro atoms. The summed E-state index contributed by atoms with van der Waals surface area (Å²) in [6.45, 7) is 1.41. The lowest BCUT2D eigenvalue weighted by molar-refractivity contribution is 0.0460. The predicted octanol–water partition coefficient (Wildman–Crippen LogP) is 3.99. The van der Waals surface area contributed by atoms with Crippen molar-refractivity contribution in [3.05, 3.63) is 65.7 Å². The zero-order chi connectivity index (χ0) is 16.9. The molecule has 0 radical (unpaired) electrons. The summed E-state index contributed by atoms with van der Waals surface area (Å²) in [5, 5.41) is 10.6. The van der Waals surface area contributed by atoms with Gasteiger partial charge in [0.25, 0.3) is 5.91 Å². The fraction of sp³-hybridized carbons (Fsp3) is 0.350. The van der Waals surface area contributed by atoms with E-state index in [1.807, 2.05) is 65.8 Å². The van der Waals surface area contributed by atoms with E-state index >= 15 is 0 Å². The second kappa shape index (κ2) is 7.86. The van der Waals surface area contributed by atoms with E-state index in [0.29, 0.717) is 13.1 Å². The number of amides is 1. The first-order chi connectivity index (χ1) is 11.7. The molecule has 126 valence electrons. The smallest absolute Gasteiger partial charge is 0.254 e. The van der Waals surface area contributed by atoms with E-state index < -0.39 is 6.10 Å². The number of piperidine rings is 1. The first-order valence-electron chi connectivity index (χ1n) is 8.36. The van der Waals surface area contributed by atoms with Crippen molar-refractivity contribution in [3.8, 4) is 0 Å². The Bertz CT molecular complexity index is 681. The molecule has 1 heterocycles. The Morgan fingerprint density at radius 1 is 1.08 bits per heavy atom. The molecule has 0 saturated carbocycles. The molecule has 0 aliphatic carbocycles. The number of rotatable bonds is 4. The van der Waals surface area contributed by atoms with E-state index in [2.05, 4.69) is 0 Å². The number of aliphatic hydroxyl groups is 1. The highest BCUT2D eigenvalue weighted by atomic mass is 32.2. The second-order valence-electron chi connectivity index (χ2n) is 6.19. The van der Waals surface area contributed by atoms with Crippen molar-refractivity contribution in [1.82, 2.24) is 4.90 Å². The molecule has 1 atom stereocenters. The van der Waals surface area contributed by atoms with Gasteiger partial charge in [0.15, 0.2) is 0 Å². The summed E-state index contributed by atoms with van der Waals surface area (Å²) in [5.41, 5.74) is 1.75. The molecule has 2 aromatic rings. The fourth-order valence-corrected chi connectivity index (χ4v) is 3.92. The van der Waals surface area contributed by atoms with Crippen molar-refractivity contribution in [2.45, 2.75) is 23.8 Å². The predicted molar refractivity (Wildman–Crippen MR) is 98.3 cm³/mol. The molecule has 0 aromatic heterocycles. The highest BCUT2D eigenvalue weighted by Gasteiger charge is 2.29. The SMILES string of the molecule is CSc1ccccc1C(=O)N1CCC(C(O)c2ccccc2)CC1. The molecule has 1 saturated heterocycles. The lowest BCUT2D eigenvalue weighted by Crippen LogP contribution is -2.40. The van der Waals surface area contributed by atoms with Crippen molar-refractivity contribution in [1.29, 1.82) is 0 Å². The Kier molecular flexibility index (Phi) is 5.59. The van der Waals surface area contributed by atoms with Gasteiger partial charge >= 0.3 is 0 Å². The monoisotopic (exact) mass is 341 g/mol. The van der Waals surface area contributed by atoms with Crippen molar-refractivity contribution in [2.75, 3.05) is 19.3 Å². The van der Waals surface area contributed by atoms with Crippen LogP contribution in [0, 0.1) is 5.92 Å². The molecule has 1 aliphatic rings. The molecule has 3 rings (SSSR count). The molecule has 0 bridgehead atoms. The van der Waals surface area contributed by atoms with Gasteiger partial charge in [-0.25, -0.2) is 0 Å². The quantitative estimate of drug-likeness (QED) is 0.855. The van der Waals surface area contributed by atoms with Crippen LogP contribution < -0.4 is 0 Å². The van der Waals surface area contributed by atoms with Crippen molar-refractivity contribution >= 4 is 17.7 Å². The van der Waals surface area contributed by atoms with Crippen molar-refractivity contribution < 1.29 is 9.90 Å². The van der Waals surface area contributed by atoms with Gasteiger partial charge in [-0.1, -0.05) is 42.5 Å². The molecule has 1 fully saturated rings. The summed E-state index contributed by atoms with van der Waals surface area (Å²) in [5.74, 6) is 0.319. The summed E-state index contributed by atoms with van der Waals surface area (Å²) in [7, 11) is 0. The Hall–Kier alpha value is -1.78. The average molecular weight is 341 g/mol. The van der Waals surface area contributed by atoms with Crippen LogP contribution in [0.1, 0.15) is 34.9 Å². The molecular formula is C20H23NO2S. The van der Waals surface area contributed by atoms with E-state index in [4.69, 9.17) is 0 Å². The number of hydrogen-bond acceptors (Lipinski definition) is 3. The van der Waals surface area contributed by atoms with Gasteiger partial charge in [-0.2, -0.15) is 0 Å². The molecule has 1 unspecified atom stereocenters. The summed E-state index contributed by atoms with van der Waals surface area (Å²) < 4.78 is 0. The molecule has 3 nitrogen and oxygen atoms in total. The Labute approximate surface area is 147 Å². The second-order valence-corrected chi connectivity index (χ2v) is 7.03. The highest BCUT2D eigenvalue weighted by Crippen LogP contribution is 2.31. The minimum atomic E-state index is -0.443. The first kappa shape index (κ1) is 17.1. The van der Waals surface area contributed by atoms with Gasteiger partial charge in [0, 0.05) is 18.0 Å². The largest absolute Gasteiger partial charge is 0.388 e. The maximum atomic E-state index is 12.8. The van der Waals surface area contributed by atoms with E-state index in [0.717, 1.165) is 28.9 Å². The van der Waals surface area contributed by atoms with Crippen molar-refractivity contribution in [2.24, 2.45) is 5.92 Å². The van der Waals surface area contributed by atoms with Crippen LogP contribution in [0.3, 0.4) is 0 Å². The Morgan fingerprint density at radius 2 is 1.71 bits per heavy atom. The van der Waals surface area contributed by atoms with Gasteiger partial charge in [0.2, 0.25) is 0 Å². The third-order valence-electron chi connectivity index (χ3n) is 4.75. The molecule has 1 aliphatic heterocycles. The van der Waals surface area contributed by atoms with Crippen LogP contribution in [0.15, 0.2) is 59.5 Å². The summed E-state index contributed by atoms with van der Waals surface area (Å²) in [6, 6.07) is 17.6. The third-order valence-corrected chi connectivity index (χ3v) is 5.55. The highest BCUT2D eigenvalue weighted by molar-refractivity contribution is 7.98. The van der Waals surface area contributed by atoms with Crippen LogP contribution in [0.25, 0.3) is 0 Å². The Balaban J connectivity index is 1.64. The van der Waals surface area contributed by atoms with Crippen LogP contribution in [-0.2, 0) is 0 Å². The number of aliphatic hydroxyl groups excluding tert-OH is 1. The normalized spacial score (nSPS) is 16.8. The van der Waals surface area contributed by atoms with Gasteiger partial charge in [0.1, 0.15) is 0 Å². The standard InChI is InChI=1S/C20H23NO2S/c1-24-18-10-6-5-9-17(18)20(23)21-13-11-16(12-14-21)19(22)15-7-3-2-4-8-15/h2-10,16,19,22H,11-14H2,1H3. The number of carbonyl (C=O) groups is 1. The van der Waals surface area contributed by atoms with Crippen LogP contribution >= 0.6 is 11.8 Å². The minimum Gasteiger partial charge on any atom is -0.388 e. The van der Waals surface area contributed by atoms with E-state index in [1.165, 1.54) is 0 Å². The first-order valence-corrected chi connectivity index (χ1v) is 9.58. The number of benzene rings is 2. The number of likely N-dealkylation sites (tertiary alicyclic amines) is 1. The van der Waals surface area contributed by atoms with Gasteiger partial charge in [-0.05, 0) is 42.7 Å². The lowest BCUT2D eigenvalue weighted by atomic mass is 9.87. The van der Waals surface area contributed by atoms with Crippen LogP contribution in [-0.4, -0.2) is 35.3 Å². The van der Waals surface area contributed by atoms with Crippen LogP contribution in [0.2, 0.25) is 0 Å². The van der Waals surface area contributed by atoms with E-state index in [9.17, 15) is 9.90 Å². The fourth-order valence-electron chi connectivity index (χ4n) is 3.33. The molecule has 1 amide bonds. The van der Waals surface area contributed by atoms with E-state index in [-0.39, 0.29) is 11.8 Å². The van der Waals surface area contributed by atoms with E-state index in [1.54, 1.807) is 11.8 Å². The Morgan fingerprint density at radius 3 is 2.38 bits per heavy atom. The number of nitrogens with zero attached hydrogens (tertiary/aromatic N) is 1. The third kappa shape index (κ3) is 3.65. The van der Waals surface area contributed by atoms with Gasteiger partial charge < -0.3 is 10.0 Å².